The van der Waals surface area contributed by atoms with Crippen LogP contribution in [0.3, 0.4) is 0 Å². The number of H-pyrrole nitrogens is 2. The maximum Gasteiger partial charge on any atom is 0.263 e. The standard InChI is InChI=1S/C24H19F2N7O3/c1-12-8-13-20(26)17(9-14(25)21(13)29-12)36-23-19(24(34)33-5-3-6-33)22(27-11-28-23)30-18-10-15(31-32-18)16-4-2-7-35-16/h2,4,7-11,29H,3,5-6H2,1H3,(H2,27,28,30,31,32). The zero-order valence-corrected chi connectivity index (χ0v) is 18.9. The van der Waals surface area contributed by atoms with Crippen LogP contribution in [0.2, 0.25) is 0 Å². The van der Waals surface area contributed by atoms with E-state index in [1.807, 2.05) is 0 Å². The van der Waals surface area contributed by atoms with Crippen LogP contribution in [0.1, 0.15) is 22.5 Å². The van der Waals surface area contributed by atoms with E-state index in [-0.39, 0.29) is 28.2 Å². The summed E-state index contributed by atoms with van der Waals surface area (Å²) in [6.45, 7) is 2.79. The summed E-state index contributed by atoms with van der Waals surface area (Å²) in [6.07, 6.45) is 3.56. The molecule has 4 aromatic heterocycles. The first-order chi connectivity index (χ1) is 17.5. The number of carbonyl (C=O) groups excluding carboxylic acids is 1. The van der Waals surface area contributed by atoms with Gasteiger partial charge < -0.3 is 24.4 Å². The van der Waals surface area contributed by atoms with Crippen LogP contribution in [0.15, 0.2) is 47.3 Å². The van der Waals surface area contributed by atoms with Gasteiger partial charge in [-0.3, -0.25) is 9.89 Å². The van der Waals surface area contributed by atoms with Gasteiger partial charge >= 0.3 is 0 Å². The molecule has 0 bridgehead atoms. The van der Waals surface area contributed by atoms with E-state index in [0.29, 0.717) is 36.1 Å². The lowest BCUT2D eigenvalue weighted by molar-refractivity contribution is 0.0649. The lowest BCUT2D eigenvalue weighted by Crippen LogP contribution is -2.42. The van der Waals surface area contributed by atoms with Gasteiger partial charge in [0.2, 0.25) is 5.88 Å². The van der Waals surface area contributed by atoms with Gasteiger partial charge in [0.25, 0.3) is 5.91 Å². The summed E-state index contributed by atoms with van der Waals surface area (Å²) in [4.78, 5) is 26.0. The zero-order chi connectivity index (χ0) is 24.8. The number of anilines is 2. The Labute approximate surface area is 202 Å². The second-order valence-corrected chi connectivity index (χ2v) is 8.33. The molecule has 10 nitrogen and oxygen atoms in total. The van der Waals surface area contributed by atoms with Crippen LogP contribution >= 0.6 is 0 Å². The van der Waals surface area contributed by atoms with Gasteiger partial charge in [0, 0.05) is 36.3 Å². The van der Waals surface area contributed by atoms with Crippen LogP contribution in [0.5, 0.6) is 11.6 Å². The minimum absolute atomic E-state index is 0.0232. The Balaban J connectivity index is 1.39. The van der Waals surface area contributed by atoms with E-state index >= 15 is 4.39 Å². The Hall–Kier alpha value is -4.74. The number of hydrogen-bond donors (Lipinski definition) is 3. The topological polar surface area (TPSA) is 125 Å². The molecule has 0 spiro atoms. The average molecular weight is 491 g/mol. The van der Waals surface area contributed by atoms with Gasteiger partial charge in [-0.2, -0.15) is 5.10 Å². The highest BCUT2D eigenvalue weighted by Gasteiger charge is 2.30. The van der Waals surface area contributed by atoms with Crippen molar-refractivity contribution in [1.82, 2.24) is 30.0 Å². The first kappa shape index (κ1) is 21.8. The normalized spacial score (nSPS) is 13.1. The van der Waals surface area contributed by atoms with Gasteiger partial charge in [-0.1, -0.05) is 0 Å². The summed E-state index contributed by atoms with van der Waals surface area (Å²) < 4.78 is 40.9. The van der Waals surface area contributed by atoms with Crippen LogP contribution in [0.25, 0.3) is 22.4 Å². The highest BCUT2D eigenvalue weighted by atomic mass is 19.1. The van der Waals surface area contributed by atoms with Gasteiger partial charge in [0.15, 0.2) is 34.8 Å². The molecule has 1 amide bonds. The second-order valence-electron chi connectivity index (χ2n) is 8.33. The highest BCUT2D eigenvalue weighted by Crippen LogP contribution is 2.35. The third-order valence-electron chi connectivity index (χ3n) is 5.89. The van der Waals surface area contributed by atoms with Crippen molar-refractivity contribution in [2.75, 3.05) is 18.4 Å². The van der Waals surface area contributed by atoms with Gasteiger partial charge in [-0.05, 0) is 31.5 Å². The van der Waals surface area contributed by atoms with E-state index in [9.17, 15) is 9.18 Å². The largest absolute Gasteiger partial charge is 0.463 e. The number of amides is 1. The number of aromatic nitrogens is 5. The first-order valence-electron chi connectivity index (χ1n) is 11.1. The van der Waals surface area contributed by atoms with E-state index < -0.39 is 23.3 Å². The summed E-state index contributed by atoms with van der Waals surface area (Å²) >= 11 is 0. The molecule has 12 heteroatoms. The SMILES string of the molecule is Cc1cc2c(F)c(Oc3ncnc(Nc4cc(-c5ccco5)[nH]n4)c3C(=O)N3CCC3)cc(F)c2[nH]1. The average Bonchev–Trinajstić information content (AvgIpc) is 3.57. The summed E-state index contributed by atoms with van der Waals surface area (Å²) in [5.41, 5.74) is 1.21. The van der Waals surface area contributed by atoms with Gasteiger partial charge in [-0.25, -0.2) is 18.7 Å². The Bertz CT molecular complexity index is 1590. The fraction of sp³-hybridized carbons (Fsp3) is 0.167. The molecule has 0 radical (unpaired) electrons. The summed E-state index contributed by atoms with van der Waals surface area (Å²) in [6, 6.07) is 7.59. The van der Waals surface area contributed by atoms with Crippen LogP contribution in [0.4, 0.5) is 20.4 Å². The number of fused-ring (bicyclic) bond motifs is 1. The minimum Gasteiger partial charge on any atom is -0.463 e. The Morgan fingerprint density at radius 2 is 2.08 bits per heavy atom. The van der Waals surface area contributed by atoms with Crippen molar-refractivity contribution in [3.63, 3.8) is 0 Å². The third-order valence-corrected chi connectivity index (χ3v) is 5.89. The van der Waals surface area contributed by atoms with Crippen molar-refractivity contribution in [1.29, 1.82) is 0 Å². The third kappa shape index (κ3) is 3.72. The molecule has 0 saturated carbocycles. The molecule has 6 rings (SSSR count). The molecular weight excluding hydrogens is 472 g/mol. The number of nitrogens with zero attached hydrogens (tertiary/aromatic N) is 4. The molecule has 1 fully saturated rings. The molecule has 3 N–H and O–H groups in total. The molecule has 0 atom stereocenters. The van der Waals surface area contributed by atoms with E-state index in [0.717, 1.165) is 18.8 Å². The number of ether oxygens (including phenoxy) is 1. The van der Waals surface area contributed by atoms with Crippen LogP contribution in [-0.2, 0) is 0 Å². The maximum absolute atomic E-state index is 15.2. The van der Waals surface area contributed by atoms with Crippen LogP contribution in [0, 0.1) is 18.6 Å². The molecule has 182 valence electrons. The van der Waals surface area contributed by atoms with Crippen molar-refractivity contribution in [2.45, 2.75) is 13.3 Å². The smallest absolute Gasteiger partial charge is 0.263 e. The molecule has 1 aromatic carbocycles. The zero-order valence-electron chi connectivity index (χ0n) is 18.9. The lowest BCUT2D eigenvalue weighted by Gasteiger charge is -2.31. The molecular formula is C24H19F2N7O3. The van der Waals surface area contributed by atoms with E-state index in [1.165, 1.54) is 12.3 Å². The van der Waals surface area contributed by atoms with E-state index in [4.69, 9.17) is 9.15 Å². The van der Waals surface area contributed by atoms with Crippen molar-refractivity contribution in [3.8, 4) is 23.1 Å². The molecule has 5 aromatic rings. The first-order valence-corrected chi connectivity index (χ1v) is 11.1. The number of hydrogen-bond acceptors (Lipinski definition) is 7. The summed E-state index contributed by atoms with van der Waals surface area (Å²) in [5, 5.41) is 10.0. The van der Waals surface area contributed by atoms with Crippen molar-refractivity contribution in [2.24, 2.45) is 0 Å². The second kappa shape index (κ2) is 8.48. The number of carbonyl (C=O) groups is 1. The fourth-order valence-corrected chi connectivity index (χ4v) is 3.99. The molecule has 36 heavy (non-hydrogen) atoms. The van der Waals surface area contributed by atoms with E-state index in [1.54, 1.807) is 30.0 Å². The lowest BCUT2D eigenvalue weighted by atomic mass is 10.1. The number of benzene rings is 1. The fourth-order valence-electron chi connectivity index (χ4n) is 3.99. The van der Waals surface area contributed by atoms with Gasteiger partial charge in [-0.15, -0.1) is 0 Å². The van der Waals surface area contributed by atoms with Gasteiger partial charge in [0.1, 0.15) is 17.6 Å². The van der Waals surface area contributed by atoms with Crippen molar-refractivity contribution in [3.05, 3.63) is 65.8 Å². The van der Waals surface area contributed by atoms with Crippen LogP contribution in [-0.4, -0.2) is 49.0 Å². The predicted molar refractivity (Wildman–Crippen MR) is 125 cm³/mol. The number of rotatable bonds is 6. The molecule has 5 heterocycles. The van der Waals surface area contributed by atoms with E-state index in [2.05, 4.69) is 30.5 Å². The quantitative estimate of drug-likeness (QED) is 0.308. The Morgan fingerprint density at radius 1 is 1.22 bits per heavy atom. The van der Waals surface area contributed by atoms with Crippen LogP contribution < -0.4 is 10.1 Å². The number of halogens is 2. The number of nitrogens with one attached hydrogen (secondary N) is 3. The molecule has 0 unspecified atom stereocenters. The molecule has 1 aliphatic heterocycles. The van der Waals surface area contributed by atoms with Crippen molar-refractivity contribution >= 4 is 28.4 Å². The van der Waals surface area contributed by atoms with Gasteiger partial charge in [0.05, 0.1) is 11.8 Å². The number of likely N-dealkylation sites (tertiary alicyclic amines) is 1. The summed E-state index contributed by atoms with van der Waals surface area (Å²) in [7, 11) is 0. The summed E-state index contributed by atoms with van der Waals surface area (Å²) in [5.74, 6) is -1.45. The molecule has 1 saturated heterocycles. The number of furan rings is 1. The number of aromatic amines is 2. The Kier molecular flexibility index (Phi) is 5.13. The maximum atomic E-state index is 15.2. The highest BCUT2D eigenvalue weighted by molar-refractivity contribution is 6.02. The van der Waals surface area contributed by atoms with Crippen molar-refractivity contribution < 1.29 is 22.7 Å². The molecule has 0 aliphatic carbocycles. The Morgan fingerprint density at radius 3 is 2.83 bits per heavy atom. The monoisotopic (exact) mass is 491 g/mol. The molecule has 1 aliphatic rings. The number of aryl methyl sites for hydroxylation is 1. The minimum atomic E-state index is -0.776. The predicted octanol–water partition coefficient (Wildman–Crippen LogP) is 4.91.